The Morgan fingerprint density at radius 3 is 2.47 bits per heavy atom. The number of ether oxygens (including phenoxy) is 1. The van der Waals surface area contributed by atoms with Gasteiger partial charge < -0.3 is 15.5 Å². The van der Waals surface area contributed by atoms with Crippen molar-refractivity contribution in [1.82, 2.24) is 4.98 Å². The number of carbonyl (C=O) groups is 1. The van der Waals surface area contributed by atoms with Gasteiger partial charge in [0.25, 0.3) is 0 Å². The van der Waals surface area contributed by atoms with Crippen LogP contribution in [0.25, 0.3) is 0 Å². The topological polar surface area (TPSA) is 85.2 Å². The third kappa shape index (κ3) is 4.30. The van der Waals surface area contributed by atoms with Crippen LogP contribution in [0.2, 0.25) is 0 Å². The summed E-state index contributed by atoms with van der Waals surface area (Å²) in [5, 5.41) is 0. The number of nitrogens with two attached hydrogens (primary N) is 1. The Morgan fingerprint density at radius 1 is 1.53 bits per heavy atom. The van der Waals surface area contributed by atoms with Crippen molar-refractivity contribution < 1.29 is 9.53 Å². The zero-order valence-corrected chi connectivity index (χ0v) is 8.53. The molecule has 0 atom stereocenters. The van der Waals surface area contributed by atoms with Crippen LogP contribution < -0.4 is 16.0 Å². The molecular weight excluding hydrogens is 196 g/mol. The molecule has 0 unspecified atom stereocenters. The Morgan fingerprint density at radius 2 is 2.20 bits per heavy atom. The first-order valence-corrected chi connectivity index (χ1v) is 4.65. The van der Waals surface area contributed by atoms with Gasteiger partial charge in [-0.15, -0.1) is 0 Å². The average Bonchev–Trinajstić information content (AvgIpc) is 3.03. The summed E-state index contributed by atoms with van der Waals surface area (Å²) in [5.41, 5.74) is 4.74. The van der Waals surface area contributed by atoms with Crippen LogP contribution in [0.5, 0.6) is 5.75 Å². The summed E-state index contributed by atoms with van der Waals surface area (Å²) in [6.07, 6.45) is 3.56. The molecule has 0 radical (unpaired) electrons. The molecule has 0 spiro atoms. The fourth-order valence-corrected chi connectivity index (χ4v) is 0.891. The van der Waals surface area contributed by atoms with Crippen molar-refractivity contribution in [3.8, 4) is 5.75 Å². The number of nitrogens with one attached hydrogen (secondary N) is 1. The van der Waals surface area contributed by atoms with E-state index in [1.54, 1.807) is 13.2 Å². The number of aromatic amines is 1. The van der Waals surface area contributed by atoms with Crippen LogP contribution >= 0.6 is 0 Å². The number of hydrogen-bond donors (Lipinski definition) is 2. The Labute approximate surface area is 87.3 Å². The van der Waals surface area contributed by atoms with Crippen LogP contribution in [0, 0.1) is 5.92 Å². The van der Waals surface area contributed by atoms with Gasteiger partial charge in [0.15, 0.2) is 0 Å². The second-order valence-electron chi connectivity index (χ2n) is 3.27. The summed E-state index contributed by atoms with van der Waals surface area (Å²) in [6, 6.07) is 3.03. The fraction of sp³-hybridized carbons (Fsp3) is 0.400. The fourth-order valence-electron chi connectivity index (χ4n) is 0.891. The molecule has 1 saturated carbocycles. The monoisotopic (exact) mass is 210 g/mol. The molecule has 0 saturated heterocycles. The maximum atomic E-state index is 10.4. The highest BCUT2D eigenvalue weighted by atomic mass is 16.5. The highest BCUT2D eigenvalue weighted by molar-refractivity contribution is 5.78. The van der Waals surface area contributed by atoms with Gasteiger partial charge in [0, 0.05) is 18.2 Å². The van der Waals surface area contributed by atoms with Gasteiger partial charge in [-0.2, -0.15) is 0 Å². The number of amides is 1. The van der Waals surface area contributed by atoms with Crippen LogP contribution in [-0.4, -0.2) is 18.0 Å². The number of aromatic nitrogens is 1. The molecule has 1 amide bonds. The normalized spacial score (nSPS) is 13.7. The van der Waals surface area contributed by atoms with E-state index in [2.05, 4.69) is 4.98 Å². The SMILES string of the molecule is COc1ccc(=O)[nH]c1.NC(=O)C1CC1. The summed E-state index contributed by atoms with van der Waals surface area (Å²) in [5.74, 6) is 0.773. The van der Waals surface area contributed by atoms with Gasteiger partial charge in [-0.25, -0.2) is 0 Å². The summed E-state index contributed by atoms with van der Waals surface area (Å²) in [4.78, 5) is 22.9. The molecule has 5 nitrogen and oxygen atoms in total. The van der Waals surface area contributed by atoms with Crippen LogP contribution in [0.15, 0.2) is 23.1 Å². The quantitative estimate of drug-likeness (QED) is 0.734. The van der Waals surface area contributed by atoms with Crippen molar-refractivity contribution in [3.63, 3.8) is 0 Å². The lowest BCUT2D eigenvalue weighted by molar-refractivity contribution is -0.119. The van der Waals surface area contributed by atoms with Gasteiger partial charge in [0.1, 0.15) is 5.75 Å². The van der Waals surface area contributed by atoms with Crippen molar-refractivity contribution in [3.05, 3.63) is 28.7 Å². The number of hydrogen-bond acceptors (Lipinski definition) is 3. The molecule has 2 rings (SSSR count). The van der Waals surface area contributed by atoms with Crippen LogP contribution in [-0.2, 0) is 4.79 Å². The third-order valence-electron chi connectivity index (χ3n) is 1.97. The van der Waals surface area contributed by atoms with E-state index in [0.717, 1.165) is 12.8 Å². The maximum Gasteiger partial charge on any atom is 0.248 e. The minimum Gasteiger partial charge on any atom is -0.495 e. The Balaban J connectivity index is 0.000000162. The van der Waals surface area contributed by atoms with E-state index in [0.29, 0.717) is 5.75 Å². The minimum atomic E-state index is -0.130. The second kappa shape index (κ2) is 5.19. The van der Waals surface area contributed by atoms with E-state index in [4.69, 9.17) is 10.5 Å². The minimum absolute atomic E-state index is 0.115. The molecule has 0 bridgehead atoms. The number of carbonyl (C=O) groups excluding carboxylic acids is 1. The molecule has 1 fully saturated rings. The van der Waals surface area contributed by atoms with Gasteiger partial charge >= 0.3 is 0 Å². The first kappa shape index (κ1) is 11.3. The smallest absolute Gasteiger partial charge is 0.248 e. The Kier molecular flexibility index (Phi) is 3.91. The van der Waals surface area contributed by atoms with Crippen molar-refractivity contribution in [2.75, 3.05) is 7.11 Å². The molecule has 82 valence electrons. The predicted octanol–water partition coefficient (Wildman–Crippen LogP) is 0.265. The summed E-state index contributed by atoms with van der Waals surface area (Å²) < 4.78 is 4.80. The largest absolute Gasteiger partial charge is 0.495 e. The van der Waals surface area contributed by atoms with Gasteiger partial charge in [0.2, 0.25) is 11.5 Å². The van der Waals surface area contributed by atoms with Crippen LogP contribution in [0.4, 0.5) is 0 Å². The highest BCUT2D eigenvalue weighted by Gasteiger charge is 2.26. The molecule has 1 heterocycles. The van der Waals surface area contributed by atoms with Crippen LogP contribution in [0.3, 0.4) is 0 Å². The molecule has 1 aromatic rings. The van der Waals surface area contributed by atoms with E-state index in [1.807, 2.05) is 0 Å². The van der Waals surface area contributed by atoms with Crippen molar-refractivity contribution in [2.45, 2.75) is 12.8 Å². The molecule has 1 aliphatic carbocycles. The molecule has 3 N–H and O–H groups in total. The molecular formula is C10H14N2O3. The summed E-state index contributed by atoms with van der Waals surface area (Å²) in [7, 11) is 1.55. The number of primary amides is 1. The molecule has 15 heavy (non-hydrogen) atoms. The predicted molar refractivity (Wildman–Crippen MR) is 55.5 cm³/mol. The summed E-state index contributed by atoms with van der Waals surface area (Å²) >= 11 is 0. The van der Waals surface area contributed by atoms with Crippen molar-refractivity contribution in [2.24, 2.45) is 11.7 Å². The Bertz CT molecular complexity index is 362. The number of methoxy groups -OCH3 is 1. The first-order valence-electron chi connectivity index (χ1n) is 4.65. The van der Waals surface area contributed by atoms with E-state index in [9.17, 15) is 9.59 Å². The van der Waals surface area contributed by atoms with E-state index < -0.39 is 0 Å². The molecule has 0 aromatic carbocycles. The average molecular weight is 210 g/mol. The standard InChI is InChI=1S/C6H7NO2.C4H7NO/c1-9-5-2-3-6(8)7-4-5;5-4(6)3-1-2-3/h2-4H,1H3,(H,7,8);3H,1-2H2,(H2,5,6). The lowest BCUT2D eigenvalue weighted by Crippen LogP contribution is -2.11. The third-order valence-corrected chi connectivity index (χ3v) is 1.97. The second-order valence-corrected chi connectivity index (χ2v) is 3.27. The van der Waals surface area contributed by atoms with Gasteiger partial charge in [0.05, 0.1) is 7.11 Å². The maximum absolute atomic E-state index is 10.4. The molecule has 0 aliphatic heterocycles. The molecule has 1 aromatic heterocycles. The summed E-state index contributed by atoms with van der Waals surface area (Å²) in [6.45, 7) is 0. The number of H-pyrrole nitrogens is 1. The lowest BCUT2D eigenvalue weighted by Gasteiger charge is -1.93. The lowest BCUT2D eigenvalue weighted by atomic mass is 10.4. The van der Waals surface area contributed by atoms with E-state index in [1.165, 1.54) is 12.3 Å². The van der Waals surface area contributed by atoms with Crippen molar-refractivity contribution >= 4 is 5.91 Å². The highest BCUT2D eigenvalue weighted by Crippen LogP contribution is 2.27. The molecule has 1 aliphatic rings. The van der Waals surface area contributed by atoms with E-state index in [-0.39, 0.29) is 17.4 Å². The number of rotatable bonds is 2. The van der Waals surface area contributed by atoms with Gasteiger partial charge in [-0.05, 0) is 18.9 Å². The molecule has 5 heteroatoms. The zero-order chi connectivity index (χ0) is 11.3. The van der Waals surface area contributed by atoms with Crippen molar-refractivity contribution in [1.29, 1.82) is 0 Å². The van der Waals surface area contributed by atoms with E-state index >= 15 is 0 Å². The van der Waals surface area contributed by atoms with Gasteiger partial charge in [-0.1, -0.05) is 0 Å². The van der Waals surface area contributed by atoms with Gasteiger partial charge in [-0.3, -0.25) is 9.59 Å². The number of pyridine rings is 1. The Hall–Kier alpha value is -1.78. The zero-order valence-electron chi connectivity index (χ0n) is 8.53. The first-order chi connectivity index (χ1) is 7.13. The van der Waals surface area contributed by atoms with Crippen LogP contribution in [0.1, 0.15) is 12.8 Å².